The second kappa shape index (κ2) is 11.0. The number of benzene rings is 2. The molecule has 1 heterocycles. The maximum Gasteiger partial charge on any atom is 0.241 e. The van der Waals surface area contributed by atoms with Crippen molar-refractivity contribution in [1.82, 2.24) is 26.6 Å². The van der Waals surface area contributed by atoms with E-state index >= 15 is 0 Å². The molecule has 0 amide bonds. The van der Waals surface area contributed by atoms with Crippen molar-refractivity contribution >= 4 is 25.7 Å². The lowest BCUT2D eigenvalue weighted by Crippen LogP contribution is -2.33. The van der Waals surface area contributed by atoms with Crippen LogP contribution in [0.25, 0.3) is 11.1 Å². The second-order valence-corrected chi connectivity index (χ2v) is 10.7. The molecule has 0 aliphatic carbocycles. The van der Waals surface area contributed by atoms with Crippen molar-refractivity contribution in [3.05, 3.63) is 42.0 Å². The number of sulfonamides is 2. The van der Waals surface area contributed by atoms with Gasteiger partial charge in [-0.3, -0.25) is 0 Å². The molecule has 3 rings (SSSR count). The molecule has 16 heteroatoms. The molecule has 1 saturated heterocycles. The molecular weight excluding hydrogens is 486 g/mol. The van der Waals surface area contributed by atoms with Gasteiger partial charge in [0.1, 0.15) is 16.0 Å². The van der Waals surface area contributed by atoms with Crippen LogP contribution in [0.15, 0.2) is 46.2 Å². The highest BCUT2D eigenvalue weighted by Crippen LogP contribution is 2.37. The van der Waals surface area contributed by atoms with Crippen LogP contribution in [0.2, 0.25) is 0 Å². The van der Waals surface area contributed by atoms with Gasteiger partial charge < -0.3 is 21.9 Å². The predicted molar refractivity (Wildman–Crippen MR) is 126 cm³/mol. The number of aliphatic hydroxyl groups excluding tert-OH is 1. The molecule has 188 valence electrons. The van der Waals surface area contributed by atoms with Crippen molar-refractivity contribution < 1.29 is 21.9 Å². The van der Waals surface area contributed by atoms with Crippen LogP contribution in [-0.4, -0.2) is 54.2 Å². The summed E-state index contributed by atoms with van der Waals surface area (Å²) in [6.45, 7) is 0.0465. The van der Waals surface area contributed by atoms with E-state index in [2.05, 4.69) is 32.0 Å². The Morgan fingerprint density at radius 1 is 1.09 bits per heavy atom. The molecule has 2 aromatic carbocycles. The van der Waals surface area contributed by atoms with Crippen molar-refractivity contribution in [2.24, 2.45) is 16.6 Å². The van der Waals surface area contributed by atoms with Gasteiger partial charge >= 0.3 is 0 Å². The van der Waals surface area contributed by atoms with E-state index in [1.54, 1.807) is 24.3 Å². The molecule has 1 aliphatic rings. The first-order chi connectivity index (χ1) is 16.1. The average Bonchev–Trinajstić information content (AvgIpc) is 3.34. The van der Waals surface area contributed by atoms with Crippen LogP contribution < -0.4 is 48.6 Å². The topological polar surface area (TPSA) is 239 Å². The van der Waals surface area contributed by atoms with Gasteiger partial charge in [-0.1, -0.05) is 18.2 Å². The summed E-state index contributed by atoms with van der Waals surface area (Å²) in [6, 6.07) is 9.21. The first-order valence-corrected chi connectivity index (χ1v) is 13.2. The number of hydrazine groups is 3. The third-order valence-electron chi connectivity index (χ3n) is 4.93. The van der Waals surface area contributed by atoms with Gasteiger partial charge in [-0.25, -0.2) is 37.5 Å². The van der Waals surface area contributed by atoms with Crippen molar-refractivity contribution in [1.29, 1.82) is 0 Å². The Bertz CT molecular complexity index is 1220. The summed E-state index contributed by atoms with van der Waals surface area (Å²) in [5.41, 5.74) is 23.6. The van der Waals surface area contributed by atoms with Crippen LogP contribution in [0.3, 0.4) is 0 Å². The zero-order chi connectivity index (χ0) is 24.9. The molecular formula is C18H29N9O5S2. The lowest BCUT2D eigenvalue weighted by molar-refractivity contribution is 0.270. The van der Waals surface area contributed by atoms with Crippen molar-refractivity contribution in [3.63, 3.8) is 0 Å². The summed E-state index contributed by atoms with van der Waals surface area (Å²) in [5, 5.41) is 17.8. The Balaban J connectivity index is 2.21. The van der Waals surface area contributed by atoms with Gasteiger partial charge in [-0.05, 0) is 29.3 Å². The molecule has 0 saturated carbocycles. The van der Waals surface area contributed by atoms with Crippen LogP contribution in [0.5, 0.6) is 0 Å². The van der Waals surface area contributed by atoms with E-state index in [0.29, 0.717) is 23.4 Å². The van der Waals surface area contributed by atoms with Crippen molar-refractivity contribution in [2.45, 2.75) is 22.0 Å². The molecule has 0 unspecified atom stereocenters. The zero-order valence-corrected chi connectivity index (χ0v) is 19.7. The van der Waals surface area contributed by atoms with E-state index < -0.39 is 42.0 Å². The number of anilines is 1. The number of aliphatic hydroxyl groups is 1. The zero-order valence-electron chi connectivity index (χ0n) is 18.1. The minimum atomic E-state index is -4.52. The summed E-state index contributed by atoms with van der Waals surface area (Å²) < 4.78 is 53.5. The maximum absolute atomic E-state index is 12.9. The quantitative estimate of drug-likeness (QED) is 0.145. The molecule has 34 heavy (non-hydrogen) atoms. The SMILES string of the molecule is NCCNS(=O)(=O)c1ccc(-c2cccc(NC[C@@H](N)CO)c2)c(C2NNNN2)c1S(N)(=O)=O. The van der Waals surface area contributed by atoms with E-state index in [9.17, 15) is 16.8 Å². The summed E-state index contributed by atoms with van der Waals surface area (Å²) in [7, 11) is -8.77. The fraction of sp³-hybridized carbons (Fsp3) is 0.333. The van der Waals surface area contributed by atoms with E-state index in [4.69, 9.17) is 21.7 Å². The minimum Gasteiger partial charge on any atom is -0.395 e. The summed E-state index contributed by atoms with van der Waals surface area (Å²) in [5.74, 6) is 0. The van der Waals surface area contributed by atoms with Gasteiger partial charge in [0, 0.05) is 36.9 Å². The molecule has 0 aromatic heterocycles. The maximum atomic E-state index is 12.9. The van der Waals surface area contributed by atoms with Gasteiger partial charge in [0.15, 0.2) is 0 Å². The predicted octanol–water partition coefficient (Wildman–Crippen LogP) is -2.91. The van der Waals surface area contributed by atoms with Crippen LogP contribution in [-0.2, 0) is 20.0 Å². The van der Waals surface area contributed by atoms with Gasteiger partial charge in [-0.15, -0.1) is 0 Å². The summed E-state index contributed by atoms with van der Waals surface area (Å²) >= 11 is 0. The van der Waals surface area contributed by atoms with Gasteiger partial charge in [0.05, 0.1) is 6.61 Å². The molecule has 1 atom stereocenters. The second-order valence-electron chi connectivity index (χ2n) is 7.46. The number of hydrogen-bond acceptors (Lipinski definition) is 12. The van der Waals surface area contributed by atoms with E-state index in [1.807, 2.05) is 0 Å². The lowest BCUT2D eigenvalue weighted by atomic mass is 9.97. The smallest absolute Gasteiger partial charge is 0.241 e. The Morgan fingerprint density at radius 3 is 2.41 bits per heavy atom. The molecule has 0 radical (unpaired) electrons. The van der Waals surface area contributed by atoms with E-state index in [0.717, 1.165) is 0 Å². The molecule has 0 spiro atoms. The van der Waals surface area contributed by atoms with Gasteiger partial charge in [0.2, 0.25) is 20.0 Å². The van der Waals surface area contributed by atoms with Gasteiger partial charge in [0.25, 0.3) is 0 Å². The largest absolute Gasteiger partial charge is 0.395 e. The van der Waals surface area contributed by atoms with Crippen LogP contribution in [0, 0.1) is 0 Å². The summed E-state index contributed by atoms with van der Waals surface area (Å²) in [4.78, 5) is -1.06. The van der Waals surface area contributed by atoms with E-state index in [-0.39, 0.29) is 25.3 Å². The highest BCUT2D eigenvalue weighted by Gasteiger charge is 2.34. The fourth-order valence-corrected chi connectivity index (χ4v) is 6.10. The van der Waals surface area contributed by atoms with Crippen molar-refractivity contribution in [3.8, 4) is 11.1 Å². The molecule has 13 N–H and O–H groups in total. The molecule has 1 aliphatic heterocycles. The summed E-state index contributed by atoms with van der Waals surface area (Å²) in [6.07, 6.45) is -0.868. The van der Waals surface area contributed by atoms with Gasteiger partial charge in [-0.2, -0.15) is 11.1 Å². The third kappa shape index (κ3) is 6.06. The molecule has 1 fully saturated rings. The monoisotopic (exact) mass is 515 g/mol. The fourth-order valence-electron chi connectivity index (χ4n) is 3.40. The lowest BCUT2D eigenvalue weighted by Gasteiger charge is -2.22. The Kier molecular flexibility index (Phi) is 8.55. The standard InChI is InChI=1S/C18H29N9O5S2/c19-6-7-23-34(31,32)15-5-4-14(11-2-1-3-13(8-11)22-9-12(20)10-28)16(17(15)33(21,29)30)18-24-26-27-25-18/h1-5,8,12,18,22-28H,6-7,9-10,19-20H2,(H2,21,29,30)/t12-/m1/s1. The molecule has 2 aromatic rings. The first kappa shape index (κ1) is 26.4. The van der Waals surface area contributed by atoms with Crippen LogP contribution in [0.4, 0.5) is 5.69 Å². The number of nitrogens with two attached hydrogens (primary N) is 3. The Labute approximate surface area is 197 Å². The van der Waals surface area contributed by atoms with Crippen molar-refractivity contribution in [2.75, 3.05) is 31.6 Å². The highest BCUT2D eigenvalue weighted by atomic mass is 32.2. The number of nitrogens with one attached hydrogen (secondary N) is 6. The third-order valence-corrected chi connectivity index (χ3v) is 7.57. The Morgan fingerprint density at radius 2 is 1.79 bits per heavy atom. The highest BCUT2D eigenvalue weighted by molar-refractivity contribution is 7.92. The Hall–Kier alpha value is -2.22. The first-order valence-electron chi connectivity index (χ1n) is 10.2. The number of hydrogen-bond donors (Lipinski definition) is 10. The number of rotatable bonds is 11. The molecule has 0 bridgehead atoms. The minimum absolute atomic E-state index is 0.0220. The van der Waals surface area contributed by atoms with Crippen LogP contribution >= 0.6 is 0 Å². The van der Waals surface area contributed by atoms with Crippen LogP contribution in [0.1, 0.15) is 11.7 Å². The average molecular weight is 516 g/mol. The number of primary sulfonamides is 1. The normalized spacial score (nSPS) is 16.0. The van der Waals surface area contributed by atoms with E-state index in [1.165, 1.54) is 12.1 Å². The molecule has 14 nitrogen and oxygen atoms in total.